The standard InChI is InChI=1S/C24H27N3O2/c1-27(18-20-7-3-2-4-8-20)23(28)14-16-26-24(29)25-15-13-19-11-12-21-9-5-6-10-22(21)17-19/h2-12,17H,13-16,18H2,1H3,(H2,25,26,29). The first-order valence-corrected chi connectivity index (χ1v) is 9.89. The van der Waals surface area contributed by atoms with E-state index in [9.17, 15) is 9.59 Å². The van der Waals surface area contributed by atoms with Crippen molar-refractivity contribution in [1.82, 2.24) is 15.5 Å². The van der Waals surface area contributed by atoms with Gasteiger partial charge in [-0.2, -0.15) is 0 Å². The fraction of sp³-hybridized carbons (Fsp3) is 0.250. The SMILES string of the molecule is CN(Cc1ccccc1)C(=O)CCNC(=O)NCCc1ccc2ccccc2c1. The number of hydrogen-bond donors (Lipinski definition) is 2. The molecular formula is C24H27N3O2. The molecule has 3 amide bonds. The van der Waals surface area contributed by atoms with Crippen molar-refractivity contribution in [2.24, 2.45) is 0 Å². The number of fused-ring (bicyclic) bond motifs is 1. The van der Waals surface area contributed by atoms with Crippen LogP contribution in [0.3, 0.4) is 0 Å². The van der Waals surface area contributed by atoms with Crippen LogP contribution in [0.1, 0.15) is 17.5 Å². The lowest BCUT2D eigenvalue weighted by Gasteiger charge is -2.17. The molecule has 0 radical (unpaired) electrons. The lowest BCUT2D eigenvalue weighted by molar-refractivity contribution is -0.130. The Morgan fingerprint density at radius 3 is 2.28 bits per heavy atom. The van der Waals surface area contributed by atoms with Crippen LogP contribution in [0, 0.1) is 0 Å². The summed E-state index contributed by atoms with van der Waals surface area (Å²) in [6.45, 7) is 1.43. The molecule has 0 aromatic heterocycles. The Balaban J connectivity index is 1.33. The molecule has 0 aliphatic heterocycles. The van der Waals surface area contributed by atoms with Gasteiger partial charge in [-0.3, -0.25) is 4.79 Å². The molecule has 0 heterocycles. The zero-order chi connectivity index (χ0) is 20.5. The molecule has 3 aromatic rings. The van der Waals surface area contributed by atoms with E-state index < -0.39 is 0 Å². The van der Waals surface area contributed by atoms with Crippen molar-refractivity contribution in [2.75, 3.05) is 20.1 Å². The van der Waals surface area contributed by atoms with Crippen LogP contribution in [0.2, 0.25) is 0 Å². The molecule has 0 aliphatic carbocycles. The lowest BCUT2D eigenvalue weighted by atomic mass is 10.1. The summed E-state index contributed by atoms with van der Waals surface area (Å²) in [6.07, 6.45) is 1.04. The zero-order valence-corrected chi connectivity index (χ0v) is 16.7. The van der Waals surface area contributed by atoms with Gasteiger partial charge in [0.1, 0.15) is 0 Å². The van der Waals surface area contributed by atoms with E-state index in [0.717, 1.165) is 12.0 Å². The summed E-state index contributed by atoms with van der Waals surface area (Å²) in [5.74, 6) is 0.00492. The van der Waals surface area contributed by atoms with E-state index in [-0.39, 0.29) is 18.4 Å². The number of amides is 3. The van der Waals surface area contributed by atoms with Crippen molar-refractivity contribution in [3.05, 3.63) is 83.9 Å². The average molecular weight is 389 g/mol. The summed E-state index contributed by atoms with van der Waals surface area (Å²) in [7, 11) is 1.78. The van der Waals surface area contributed by atoms with E-state index >= 15 is 0 Å². The highest BCUT2D eigenvalue weighted by Crippen LogP contribution is 2.15. The summed E-state index contributed by atoms with van der Waals surface area (Å²) < 4.78 is 0. The molecule has 150 valence electrons. The number of hydrogen-bond acceptors (Lipinski definition) is 2. The number of carbonyl (C=O) groups excluding carboxylic acids is 2. The summed E-state index contributed by atoms with van der Waals surface area (Å²) in [5.41, 5.74) is 2.27. The molecule has 0 spiro atoms. The van der Waals surface area contributed by atoms with Crippen LogP contribution in [0.4, 0.5) is 4.79 Å². The molecule has 0 bridgehead atoms. The van der Waals surface area contributed by atoms with Crippen molar-refractivity contribution < 1.29 is 9.59 Å². The number of nitrogens with zero attached hydrogens (tertiary/aromatic N) is 1. The van der Waals surface area contributed by atoms with E-state index in [2.05, 4.69) is 41.0 Å². The third-order valence-electron chi connectivity index (χ3n) is 4.83. The van der Waals surface area contributed by atoms with Crippen molar-refractivity contribution in [1.29, 1.82) is 0 Å². The Morgan fingerprint density at radius 1 is 0.793 bits per heavy atom. The summed E-state index contributed by atoms with van der Waals surface area (Å²) in [4.78, 5) is 25.8. The van der Waals surface area contributed by atoms with Gasteiger partial charge in [-0.25, -0.2) is 4.79 Å². The molecule has 5 heteroatoms. The van der Waals surface area contributed by atoms with Gasteiger partial charge < -0.3 is 15.5 Å². The van der Waals surface area contributed by atoms with Crippen molar-refractivity contribution in [3.8, 4) is 0 Å². The minimum atomic E-state index is -0.246. The molecule has 2 N–H and O–H groups in total. The highest BCUT2D eigenvalue weighted by atomic mass is 16.2. The quantitative estimate of drug-likeness (QED) is 0.617. The molecule has 0 saturated carbocycles. The highest BCUT2D eigenvalue weighted by molar-refractivity contribution is 5.83. The highest BCUT2D eigenvalue weighted by Gasteiger charge is 2.09. The molecule has 29 heavy (non-hydrogen) atoms. The van der Waals surface area contributed by atoms with E-state index in [1.165, 1.54) is 16.3 Å². The van der Waals surface area contributed by atoms with Gasteiger partial charge in [0.05, 0.1) is 0 Å². The van der Waals surface area contributed by atoms with Gasteiger partial charge in [0.25, 0.3) is 0 Å². The number of benzene rings is 3. The molecule has 0 atom stereocenters. The number of rotatable bonds is 8. The maximum atomic E-state index is 12.2. The summed E-state index contributed by atoms with van der Waals surface area (Å²) >= 11 is 0. The van der Waals surface area contributed by atoms with Gasteiger partial charge >= 0.3 is 6.03 Å². The third kappa shape index (κ3) is 6.35. The molecule has 0 aliphatic rings. The molecule has 0 fully saturated rings. The second-order valence-electron chi connectivity index (χ2n) is 7.10. The molecule has 5 nitrogen and oxygen atoms in total. The molecule has 0 unspecified atom stereocenters. The Kier molecular flexibility index (Phi) is 7.22. The number of nitrogens with one attached hydrogen (secondary N) is 2. The number of carbonyl (C=O) groups is 2. The van der Waals surface area contributed by atoms with Crippen LogP contribution in [0.15, 0.2) is 72.8 Å². The zero-order valence-electron chi connectivity index (χ0n) is 16.7. The van der Waals surface area contributed by atoms with E-state index in [1.54, 1.807) is 11.9 Å². The summed E-state index contributed by atoms with van der Waals surface area (Å²) in [6, 6.07) is 24.2. The fourth-order valence-electron chi connectivity index (χ4n) is 3.20. The predicted octanol–water partition coefficient (Wildman–Crippen LogP) is 3.73. The van der Waals surface area contributed by atoms with Crippen LogP contribution in [-0.2, 0) is 17.8 Å². The van der Waals surface area contributed by atoms with Crippen molar-refractivity contribution >= 4 is 22.7 Å². The Morgan fingerprint density at radius 2 is 1.48 bits per heavy atom. The molecule has 3 aromatic carbocycles. The largest absolute Gasteiger partial charge is 0.341 e. The van der Waals surface area contributed by atoms with Gasteiger partial charge in [0.2, 0.25) is 5.91 Å². The lowest BCUT2D eigenvalue weighted by Crippen LogP contribution is -2.38. The predicted molar refractivity (Wildman–Crippen MR) is 117 cm³/mol. The second-order valence-corrected chi connectivity index (χ2v) is 7.10. The van der Waals surface area contributed by atoms with Crippen molar-refractivity contribution in [3.63, 3.8) is 0 Å². The number of urea groups is 1. The van der Waals surface area contributed by atoms with E-state index in [1.807, 2.05) is 42.5 Å². The monoisotopic (exact) mass is 389 g/mol. The van der Waals surface area contributed by atoms with Crippen LogP contribution in [0.25, 0.3) is 10.8 Å². The van der Waals surface area contributed by atoms with Gasteiger partial charge in [0.15, 0.2) is 0 Å². The minimum absolute atomic E-state index is 0.00492. The maximum Gasteiger partial charge on any atom is 0.314 e. The smallest absolute Gasteiger partial charge is 0.314 e. The first-order valence-electron chi connectivity index (χ1n) is 9.89. The second kappa shape index (κ2) is 10.3. The normalized spacial score (nSPS) is 10.5. The Bertz CT molecular complexity index is 957. The Hall–Kier alpha value is -3.34. The van der Waals surface area contributed by atoms with E-state index in [4.69, 9.17) is 0 Å². The van der Waals surface area contributed by atoms with Gasteiger partial charge in [-0.1, -0.05) is 72.8 Å². The molecular weight excluding hydrogens is 362 g/mol. The first kappa shape index (κ1) is 20.4. The van der Waals surface area contributed by atoms with Crippen molar-refractivity contribution in [2.45, 2.75) is 19.4 Å². The average Bonchev–Trinajstić information content (AvgIpc) is 2.74. The minimum Gasteiger partial charge on any atom is -0.341 e. The van der Waals surface area contributed by atoms with E-state index in [0.29, 0.717) is 19.6 Å². The molecule has 3 rings (SSSR count). The first-order chi connectivity index (χ1) is 14.1. The van der Waals surface area contributed by atoms with Gasteiger partial charge in [-0.05, 0) is 28.3 Å². The van der Waals surface area contributed by atoms with Crippen LogP contribution < -0.4 is 10.6 Å². The third-order valence-corrected chi connectivity index (χ3v) is 4.83. The molecule has 0 saturated heterocycles. The van der Waals surface area contributed by atoms with Gasteiger partial charge in [0, 0.05) is 33.1 Å². The topological polar surface area (TPSA) is 61.4 Å². The van der Waals surface area contributed by atoms with Gasteiger partial charge in [-0.15, -0.1) is 0 Å². The van der Waals surface area contributed by atoms with Crippen LogP contribution in [0.5, 0.6) is 0 Å². The van der Waals surface area contributed by atoms with Crippen LogP contribution >= 0.6 is 0 Å². The fourth-order valence-corrected chi connectivity index (χ4v) is 3.20. The van der Waals surface area contributed by atoms with Crippen LogP contribution in [-0.4, -0.2) is 37.0 Å². The summed E-state index contributed by atoms with van der Waals surface area (Å²) in [5, 5.41) is 8.01. The Labute approximate surface area is 171 Å². The maximum absolute atomic E-state index is 12.2.